The summed E-state index contributed by atoms with van der Waals surface area (Å²) in [4.78, 5) is 7.76. The number of nitrogens with one attached hydrogen (secondary N) is 1. The van der Waals surface area contributed by atoms with E-state index in [1.807, 2.05) is 0 Å². The lowest BCUT2D eigenvalue weighted by Gasteiger charge is -2.10. The molecule has 0 aliphatic carbocycles. The van der Waals surface area contributed by atoms with Crippen molar-refractivity contribution < 1.29 is 9.13 Å². The van der Waals surface area contributed by atoms with E-state index >= 15 is 0 Å². The first-order valence-electron chi connectivity index (χ1n) is 4.98. The lowest BCUT2D eigenvalue weighted by Crippen LogP contribution is -2.02. The van der Waals surface area contributed by atoms with Crippen LogP contribution in [0.4, 0.5) is 21.8 Å². The summed E-state index contributed by atoms with van der Waals surface area (Å²) < 4.78 is 19.2. The Kier molecular flexibility index (Phi) is 3.61. The van der Waals surface area contributed by atoms with E-state index < -0.39 is 5.82 Å². The molecule has 0 saturated carbocycles. The smallest absolute Gasteiger partial charge is 0.222 e. The Labute approximate surface area is 111 Å². The fourth-order valence-corrected chi connectivity index (χ4v) is 1.61. The van der Waals surface area contributed by atoms with Crippen LogP contribution in [0.25, 0.3) is 0 Å². The summed E-state index contributed by atoms with van der Waals surface area (Å²) in [5.74, 6) is 0.607. The molecule has 0 amide bonds. The van der Waals surface area contributed by atoms with Gasteiger partial charge in [0.25, 0.3) is 0 Å². The molecule has 0 aliphatic heterocycles. The fourth-order valence-electron chi connectivity index (χ4n) is 1.32. The van der Waals surface area contributed by atoms with Gasteiger partial charge in [0.05, 0.1) is 17.3 Å². The summed E-state index contributed by atoms with van der Waals surface area (Å²) >= 11 is 3.25. The van der Waals surface area contributed by atoms with Gasteiger partial charge in [0.2, 0.25) is 5.95 Å². The third kappa shape index (κ3) is 2.67. The SMILES string of the molecule is COc1ccc(F)c(Nc2nc(N)ncc2Br)c1. The van der Waals surface area contributed by atoms with Crippen molar-refractivity contribution in [1.29, 1.82) is 0 Å². The maximum atomic E-state index is 13.6. The molecule has 7 heteroatoms. The topological polar surface area (TPSA) is 73.1 Å². The molecule has 2 rings (SSSR count). The van der Waals surface area contributed by atoms with E-state index in [4.69, 9.17) is 10.5 Å². The van der Waals surface area contributed by atoms with E-state index in [9.17, 15) is 4.39 Å². The van der Waals surface area contributed by atoms with E-state index in [-0.39, 0.29) is 11.6 Å². The highest BCUT2D eigenvalue weighted by atomic mass is 79.9. The maximum Gasteiger partial charge on any atom is 0.222 e. The van der Waals surface area contributed by atoms with Crippen LogP contribution < -0.4 is 15.8 Å². The van der Waals surface area contributed by atoms with Crippen molar-refractivity contribution in [2.24, 2.45) is 0 Å². The van der Waals surface area contributed by atoms with Crippen LogP contribution in [0.1, 0.15) is 0 Å². The summed E-state index contributed by atoms with van der Waals surface area (Å²) in [6.07, 6.45) is 1.49. The summed E-state index contributed by atoms with van der Waals surface area (Å²) in [7, 11) is 1.51. The predicted octanol–water partition coefficient (Wildman–Crippen LogP) is 2.71. The molecular formula is C11H10BrFN4O. The first-order valence-corrected chi connectivity index (χ1v) is 5.78. The van der Waals surface area contributed by atoms with Gasteiger partial charge in [-0.2, -0.15) is 4.98 Å². The van der Waals surface area contributed by atoms with Crippen LogP contribution in [0.3, 0.4) is 0 Å². The highest BCUT2D eigenvalue weighted by molar-refractivity contribution is 9.10. The molecule has 2 aromatic rings. The van der Waals surface area contributed by atoms with Gasteiger partial charge in [-0.3, -0.25) is 0 Å². The molecule has 1 heterocycles. The fraction of sp³-hybridized carbons (Fsp3) is 0.0909. The molecule has 5 nitrogen and oxygen atoms in total. The minimum absolute atomic E-state index is 0.101. The van der Waals surface area contributed by atoms with Gasteiger partial charge in [-0.15, -0.1) is 0 Å². The molecule has 1 aromatic heterocycles. The number of nitrogens with two attached hydrogens (primary N) is 1. The molecule has 0 fully saturated rings. The standard InChI is InChI=1S/C11H10BrFN4O/c1-18-6-2-3-8(13)9(4-6)16-10-7(12)5-15-11(14)17-10/h2-5H,1H3,(H3,14,15,16,17). The van der Waals surface area contributed by atoms with E-state index in [1.54, 1.807) is 0 Å². The number of hydrogen-bond donors (Lipinski definition) is 2. The Morgan fingerprint density at radius 1 is 1.44 bits per heavy atom. The van der Waals surface area contributed by atoms with Crippen LogP contribution in [-0.2, 0) is 0 Å². The quantitative estimate of drug-likeness (QED) is 0.911. The second-order valence-electron chi connectivity index (χ2n) is 3.40. The van der Waals surface area contributed by atoms with Gasteiger partial charge >= 0.3 is 0 Å². The molecule has 3 N–H and O–H groups in total. The maximum absolute atomic E-state index is 13.6. The zero-order valence-electron chi connectivity index (χ0n) is 9.45. The Morgan fingerprint density at radius 3 is 2.94 bits per heavy atom. The van der Waals surface area contributed by atoms with Gasteiger partial charge in [0, 0.05) is 12.3 Å². The normalized spacial score (nSPS) is 10.2. The molecule has 0 atom stereocenters. The van der Waals surface area contributed by atoms with Crippen molar-refractivity contribution in [3.05, 3.63) is 34.7 Å². The van der Waals surface area contributed by atoms with Gasteiger partial charge in [0.1, 0.15) is 17.4 Å². The van der Waals surface area contributed by atoms with E-state index in [2.05, 4.69) is 31.2 Å². The molecular weight excluding hydrogens is 303 g/mol. The molecule has 0 unspecified atom stereocenters. The van der Waals surface area contributed by atoms with Gasteiger partial charge in [-0.05, 0) is 28.1 Å². The molecule has 1 aromatic carbocycles. The monoisotopic (exact) mass is 312 g/mol. The summed E-state index contributed by atoms with van der Waals surface area (Å²) in [6, 6.07) is 4.36. The van der Waals surface area contributed by atoms with E-state index in [0.717, 1.165) is 0 Å². The highest BCUT2D eigenvalue weighted by Gasteiger charge is 2.08. The zero-order chi connectivity index (χ0) is 13.1. The molecule has 0 saturated heterocycles. The minimum Gasteiger partial charge on any atom is -0.497 e. The summed E-state index contributed by atoms with van der Waals surface area (Å²) in [5.41, 5.74) is 5.72. The Balaban J connectivity index is 2.36. The molecule has 0 bridgehead atoms. The van der Waals surface area contributed by atoms with Crippen molar-refractivity contribution in [1.82, 2.24) is 9.97 Å². The van der Waals surface area contributed by atoms with Crippen LogP contribution in [-0.4, -0.2) is 17.1 Å². The second kappa shape index (κ2) is 5.18. The van der Waals surface area contributed by atoms with Crippen LogP contribution in [0.15, 0.2) is 28.9 Å². The third-order valence-electron chi connectivity index (χ3n) is 2.19. The average Bonchev–Trinajstić information content (AvgIpc) is 2.36. The Morgan fingerprint density at radius 2 is 2.22 bits per heavy atom. The number of nitrogen functional groups attached to an aromatic ring is 1. The third-order valence-corrected chi connectivity index (χ3v) is 2.77. The molecule has 0 spiro atoms. The lowest BCUT2D eigenvalue weighted by molar-refractivity contribution is 0.414. The van der Waals surface area contributed by atoms with Crippen LogP contribution >= 0.6 is 15.9 Å². The average molecular weight is 313 g/mol. The first-order chi connectivity index (χ1) is 8.60. The number of rotatable bonds is 3. The number of nitrogens with zero attached hydrogens (tertiary/aromatic N) is 2. The summed E-state index contributed by atoms with van der Waals surface area (Å²) in [5, 5.41) is 2.82. The van der Waals surface area contributed by atoms with Crippen molar-refractivity contribution in [2.45, 2.75) is 0 Å². The van der Waals surface area contributed by atoms with Gasteiger partial charge in [-0.1, -0.05) is 0 Å². The highest BCUT2D eigenvalue weighted by Crippen LogP contribution is 2.27. The largest absolute Gasteiger partial charge is 0.497 e. The number of hydrogen-bond acceptors (Lipinski definition) is 5. The van der Waals surface area contributed by atoms with Crippen LogP contribution in [0.5, 0.6) is 5.75 Å². The number of benzene rings is 1. The van der Waals surface area contributed by atoms with Gasteiger partial charge < -0.3 is 15.8 Å². The van der Waals surface area contributed by atoms with Crippen molar-refractivity contribution in [3.8, 4) is 5.75 Å². The molecule has 94 valence electrons. The molecule has 18 heavy (non-hydrogen) atoms. The second-order valence-corrected chi connectivity index (χ2v) is 4.25. The first kappa shape index (κ1) is 12.6. The van der Waals surface area contributed by atoms with Crippen LogP contribution in [0, 0.1) is 5.82 Å². The summed E-state index contributed by atoms with van der Waals surface area (Å²) in [6.45, 7) is 0. The number of aromatic nitrogens is 2. The Hall–Kier alpha value is -1.89. The minimum atomic E-state index is -0.417. The number of ether oxygens (including phenoxy) is 1. The van der Waals surface area contributed by atoms with Gasteiger partial charge in [-0.25, -0.2) is 9.37 Å². The van der Waals surface area contributed by atoms with Crippen LogP contribution in [0.2, 0.25) is 0 Å². The number of anilines is 3. The van der Waals surface area contributed by atoms with Gasteiger partial charge in [0.15, 0.2) is 0 Å². The Bertz CT molecular complexity index is 579. The van der Waals surface area contributed by atoms with E-state index in [0.29, 0.717) is 16.0 Å². The number of halogens is 2. The molecule has 0 radical (unpaired) electrons. The van der Waals surface area contributed by atoms with Crippen molar-refractivity contribution >= 4 is 33.4 Å². The predicted molar refractivity (Wildman–Crippen MR) is 70.4 cm³/mol. The lowest BCUT2D eigenvalue weighted by atomic mass is 10.3. The zero-order valence-corrected chi connectivity index (χ0v) is 11.0. The van der Waals surface area contributed by atoms with Crippen molar-refractivity contribution in [3.63, 3.8) is 0 Å². The van der Waals surface area contributed by atoms with E-state index in [1.165, 1.54) is 31.5 Å². The molecule has 0 aliphatic rings. The van der Waals surface area contributed by atoms with Crippen molar-refractivity contribution in [2.75, 3.05) is 18.2 Å². The number of methoxy groups -OCH3 is 1.